The first kappa shape index (κ1) is 8.71. The topological polar surface area (TPSA) is 24.9 Å². The van der Waals surface area contributed by atoms with Gasteiger partial charge < -0.3 is 5.32 Å². The van der Waals surface area contributed by atoms with E-state index in [0.29, 0.717) is 12.4 Å². The number of pyridine rings is 1. The Kier molecular flexibility index (Phi) is 2.80. The van der Waals surface area contributed by atoms with Crippen LogP contribution < -0.4 is 5.32 Å². The Labute approximate surface area is 71.1 Å². The first-order valence-corrected chi connectivity index (χ1v) is 3.68. The zero-order valence-corrected chi connectivity index (χ0v) is 6.97. The van der Waals surface area contributed by atoms with Crippen molar-refractivity contribution >= 4 is 5.82 Å². The molecule has 0 aliphatic heterocycles. The fourth-order valence-corrected chi connectivity index (χ4v) is 0.722. The van der Waals surface area contributed by atoms with Gasteiger partial charge >= 0.3 is 0 Å². The lowest BCUT2D eigenvalue weighted by Gasteiger charge is -2.03. The quantitative estimate of drug-likeness (QED) is 0.696. The molecule has 0 atom stereocenters. The van der Waals surface area contributed by atoms with Gasteiger partial charge in [-0.1, -0.05) is 12.2 Å². The number of anilines is 1. The molecule has 2 nitrogen and oxygen atoms in total. The molecule has 1 N–H and O–H groups in total. The molecule has 0 saturated carbocycles. The summed E-state index contributed by atoms with van der Waals surface area (Å²) in [6, 6.07) is 2.96. The third-order valence-corrected chi connectivity index (χ3v) is 1.30. The van der Waals surface area contributed by atoms with Crippen molar-refractivity contribution in [2.24, 2.45) is 0 Å². The second-order valence-corrected chi connectivity index (χ2v) is 2.67. The minimum atomic E-state index is -0.323. The molecule has 0 spiro atoms. The lowest BCUT2D eigenvalue weighted by atomic mass is 10.3. The molecular weight excluding hydrogens is 155 g/mol. The number of hydrogen-bond acceptors (Lipinski definition) is 2. The van der Waals surface area contributed by atoms with Gasteiger partial charge in [0, 0.05) is 6.54 Å². The molecule has 12 heavy (non-hydrogen) atoms. The lowest BCUT2D eigenvalue weighted by Crippen LogP contribution is -2.03. The second kappa shape index (κ2) is 3.85. The second-order valence-electron chi connectivity index (χ2n) is 2.67. The molecule has 0 fully saturated rings. The Hall–Kier alpha value is -1.38. The molecule has 1 heterocycles. The molecule has 3 heteroatoms. The van der Waals surface area contributed by atoms with Gasteiger partial charge in [0.25, 0.3) is 0 Å². The highest BCUT2D eigenvalue weighted by Gasteiger charge is 1.92. The van der Waals surface area contributed by atoms with E-state index in [1.807, 2.05) is 6.92 Å². The van der Waals surface area contributed by atoms with E-state index in [4.69, 9.17) is 0 Å². The number of hydrogen-bond donors (Lipinski definition) is 1. The third kappa shape index (κ3) is 2.70. The van der Waals surface area contributed by atoms with Crippen molar-refractivity contribution in [2.45, 2.75) is 6.92 Å². The van der Waals surface area contributed by atoms with Crippen molar-refractivity contribution in [1.82, 2.24) is 4.98 Å². The van der Waals surface area contributed by atoms with Crippen LogP contribution in [0, 0.1) is 5.82 Å². The van der Waals surface area contributed by atoms with Crippen LogP contribution in [0.4, 0.5) is 10.2 Å². The van der Waals surface area contributed by atoms with Crippen LogP contribution in [0.25, 0.3) is 0 Å². The van der Waals surface area contributed by atoms with Crippen molar-refractivity contribution in [2.75, 3.05) is 11.9 Å². The predicted molar refractivity (Wildman–Crippen MR) is 47.5 cm³/mol. The van der Waals surface area contributed by atoms with E-state index in [9.17, 15) is 4.39 Å². The Balaban J connectivity index is 2.53. The average molecular weight is 166 g/mol. The summed E-state index contributed by atoms with van der Waals surface area (Å²) in [5.74, 6) is 0.343. The van der Waals surface area contributed by atoms with Crippen LogP contribution in [0.1, 0.15) is 6.92 Å². The van der Waals surface area contributed by atoms with Gasteiger partial charge in [0.2, 0.25) is 0 Å². The van der Waals surface area contributed by atoms with Crippen molar-refractivity contribution in [3.63, 3.8) is 0 Å². The molecule has 0 aliphatic carbocycles. The predicted octanol–water partition coefficient (Wildman–Crippen LogP) is 2.21. The van der Waals surface area contributed by atoms with Gasteiger partial charge in [-0.05, 0) is 19.1 Å². The van der Waals surface area contributed by atoms with Gasteiger partial charge in [0.15, 0.2) is 0 Å². The molecule has 0 aromatic carbocycles. The third-order valence-electron chi connectivity index (χ3n) is 1.30. The Morgan fingerprint density at radius 3 is 2.92 bits per heavy atom. The van der Waals surface area contributed by atoms with E-state index in [-0.39, 0.29) is 5.82 Å². The van der Waals surface area contributed by atoms with E-state index >= 15 is 0 Å². The summed E-state index contributed by atoms with van der Waals surface area (Å²) in [7, 11) is 0. The Bertz CT molecular complexity index is 266. The van der Waals surface area contributed by atoms with Crippen LogP contribution in [0.15, 0.2) is 30.5 Å². The van der Waals surface area contributed by atoms with Crippen LogP contribution >= 0.6 is 0 Å². The van der Waals surface area contributed by atoms with Gasteiger partial charge in [0.05, 0.1) is 6.20 Å². The number of rotatable bonds is 3. The molecule has 1 aromatic heterocycles. The van der Waals surface area contributed by atoms with E-state index in [1.54, 1.807) is 6.07 Å². The highest BCUT2D eigenvalue weighted by atomic mass is 19.1. The summed E-state index contributed by atoms with van der Waals surface area (Å²) in [5, 5.41) is 2.99. The highest BCUT2D eigenvalue weighted by Crippen LogP contribution is 2.03. The van der Waals surface area contributed by atoms with Gasteiger partial charge in [-0.25, -0.2) is 9.37 Å². The summed E-state index contributed by atoms with van der Waals surface area (Å²) in [6.45, 7) is 6.30. The van der Waals surface area contributed by atoms with Crippen LogP contribution in [-0.2, 0) is 0 Å². The van der Waals surface area contributed by atoms with Crippen LogP contribution in [-0.4, -0.2) is 11.5 Å². The van der Waals surface area contributed by atoms with Crippen molar-refractivity contribution in [3.8, 4) is 0 Å². The fraction of sp³-hybridized carbons (Fsp3) is 0.222. The smallest absolute Gasteiger partial charge is 0.141 e. The maximum absolute atomic E-state index is 12.4. The minimum Gasteiger partial charge on any atom is -0.366 e. The van der Waals surface area contributed by atoms with Crippen molar-refractivity contribution < 1.29 is 4.39 Å². The highest BCUT2D eigenvalue weighted by molar-refractivity contribution is 5.34. The molecule has 1 rings (SSSR count). The molecule has 64 valence electrons. The maximum atomic E-state index is 12.4. The zero-order chi connectivity index (χ0) is 8.97. The standard InChI is InChI=1S/C9H11FN2/c1-7(2)5-11-9-4-3-8(10)6-12-9/h3-4,6H,1,5H2,2H3,(H,11,12). The molecule has 1 aromatic rings. The van der Waals surface area contributed by atoms with Gasteiger partial charge in [-0.15, -0.1) is 0 Å². The molecule has 0 aliphatic rings. The van der Waals surface area contributed by atoms with Crippen LogP contribution in [0.2, 0.25) is 0 Å². The molecule has 0 saturated heterocycles. The van der Waals surface area contributed by atoms with Gasteiger partial charge in [0.1, 0.15) is 11.6 Å². The Morgan fingerprint density at radius 2 is 2.42 bits per heavy atom. The van der Waals surface area contributed by atoms with Gasteiger partial charge in [-0.2, -0.15) is 0 Å². The number of nitrogens with zero attached hydrogens (tertiary/aromatic N) is 1. The Morgan fingerprint density at radius 1 is 1.67 bits per heavy atom. The first-order valence-electron chi connectivity index (χ1n) is 3.68. The monoisotopic (exact) mass is 166 g/mol. The first-order chi connectivity index (χ1) is 5.68. The van der Waals surface area contributed by atoms with E-state index in [0.717, 1.165) is 5.57 Å². The lowest BCUT2D eigenvalue weighted by molar-refractivity contribution is 0.622. The molecule has 0 bridgehead atoms. The zero-order valence-electron chi connectivity index (χ0n) is 6.97. The van der Waals surface area contributed by atoms with Crippen molar-refractivity contribution in [1.29, 1.82) is 0 Å². The molecule has 0 amide bonds. The summed E-state index contributed by atoms with van der Waals surface area (Å²) in [6.07, 6.45) is 1.18. The molecule has 0 unspecified atom stereocenters. The summed E-state index contributed by atoms with van der Waals surface area (Å²) in [5.41, 5.74) is 1.01. The number of halogens is 1. The van der Waals surface area contributed by atoms with E-state index in [1.165, 1.54) is 12.3 Å². The van der Waals surface area contributed by atoms with Crippen LogP contribution in [0.3, 0.4) is 0 Å². The number of nitrogens with one attached hydrogen (secondary N) is 1. The minimum absolute atomic E-state index is 0.323. The van der Waals surface area contributed by atoms with Crippen LogP contribution in [0.5, 0.6) is 0 Å². The van der Waals surface area contributed by atoms with Crippen molar-refractivity contribution in [3.05, 3.63) is 36.3 Å². The van der Waals surface area contributed by atoms with Gasteiger partial charge in [-0.3, -0.25) is 0 Å². The SMILES string of the molecule is C=C(C)CNc1ccc(F)cn1. The average Bonchev–Trinajstić information content (AvgIpc) is 2.03. The maximum Gasteiger partial charge on any atom is 0.141 e. The molecular formula is C9H11FN2. The summed E-state index contributed by atoms with van der Waals surface area (Å²) in [4.78, 5) is 3.82. The largest absolute Gasteiger partial charge is 0.366 e. The summed E-state index contributed by atoms with van der Waals surface area (Å²) >= 11 is 0. The van der Waals surface area contributed by atoms with E-state index < -0.39 is 0 Å². The summed E-state index contributed by atoms with van der Waals surface area (Å²) < 4.78 is 12.4. The molecule has 0 radical (unpaired) electrons. The number of aromatic nitrogens is 1. The fourth-order valence-electron chi connectivity index (χ4n) is 0.722. The normalized spacial score (nSPS) is 9.50. The van der Waals surface area contributed by atoms with E-state index in [2.05, 4.69) is 16.9 Å².